The smallest absolute Gasteiger partial charge is 0.307 e. The van der Waals surface area contributed by atoms with Crippen LogP contribution in [0.3, 0.4) is 0 Å². The van der Waals surface area contributed by atoms with Gasteiger partial charge in [-0.05, 0) is 235 Å². The number of carbonyl (C=O) groups excluding carboxylic acids is 9. The van der Waals surface area contributed by atoms with E-state index in [0.717, 1.165) is 183 Å². The molecule has 6 bridgehead atoms. The van der Waals surface area contributed by atoms with Gasteiger partial charge in [0.1, 0.15) is 64.8 Å². The van der Waals surface area contributed by atoms with Crippen molar-refractivity contribution in [1.82, 2.24) is 44.6 Å². The number of nitrogens with zero attached hydrogens (tertiary/aromatic N) is 9. The van der Waals surface area contributed by atoms with E-state index in [1.807, 2.05) is 70.4 Å². The monoisotopic (exact) mass is 2040 g/mol. The third kappa shape index (κ3) is 23.1. The second-order valence-corrected chi connectivity index (χ2v) is 43.2. The van der Waals surface area contributed by atoms with E-state index in [-0.39, 0.29) is 183 Å². The summed E-state index contributed by atoms with van der Waals surface area (Å²) in [6.07, 6.45) is 33.6. The van der Waals surface area contributed by atoms with Crippen LogP contribution < -0.4 is 28.4 Å². The first-order valence-corrected chi connectivity index (χ1v) is 51.6. The molecule has 3 amide bonds. The predicted octanol–water partition coefficient (Wildman–Crippen LogP) is 18.5. The molecule has 3 saturated heterocycles. The molecule has 19 rings (SSSR count). The van der Waals surface area contributed by atoms with Crippen LogP contribution in [-0.2, 0) is 132 Å². The number of ether oxygens (including phenoxy) is 9. The molecule has 27 nitrogen and oxygen atoms in total. The molecule has 3 aromatic carbocycles. The summed E-state index contributed by atoms with van der Waals surface area (Å²) in [6, 6.07) is 13.7. The van der Waals surface area contributed by atoms with Crippen molar-refractivity contribution in [1.29, 1.82) is 0 Å². The Balaban J connectivity index is 0.000000165. The van der Waals surface area contributed by atoms with Crippen molar-refractivity contribution in [3.8, 4) is 34.9 Å². The van der Waals surface area contributed by atoms with E-state index in [4.69, 9.17) is 62.6 Å². The number of fused-ring (bicyclic) bond motifs is 17. The first kappa shape index (κ1) is 108. The second kappa shape index (κ2) is 46.1. The van der Waals surface area contributed by atoms with Gasteiger partial charge in [0.25, 0.3) is 5.92 Å². The van der Waals surface area contributed by atoms with Crippen molar-refractivity contribution < 1.29 is 150 Å². The predicted molar refractivity (Wildman–Crippen MR) is 507 cm³/mol. The van der Waals surface area contributed by atoms with Crippen LogP contribution in [0.25, 0.3) is 33.1 Å². The van der Waals surface area contributed by atoms with E-state index in [9.17, 15) is 43.2 Å². The zero-order valence-corrected chi connectivity index (χ0v) is 87.3. The van der Waals surface area contributed by atoms with Crippen molar-refractivity contribution in [2.45, 2.75) is 353 Å². The van der Waals surface area contributed by atoms with Gasteiger partial charge in [0.2, 0.25) is 35.4 Å². The standard InChI is InChI=1S/C37H48N3O6.C37H50N3O6.C34H42F2N3O6.3V/c1-4-24-31(21-41)40-20-33(24)46-35-29(38-28-13-12-23(44-3)18-30(28)39-35)11-7-5-6-10-25-26-16-22(26)17-32(25)45-34(42)19-27(36(40)43)37(2)14-8-9-15-37;1-5-26-31(23-41)40-22-32(26)45-34-29(38-28-16-15-25(44-4)20-30(28)39-34)14-8-6-7-12-24-13-11-19-37(24,3)46-33(42)21-27(35(40)43)36(2)17-9-10-18-36;1-4-22-26(19-40)39-18-28(22)45-31-30(37-24-11-10-21(43-3)16-25(24)38-31)34(35,36)14-6-5-9-20-15-27(20)44-29(41)17-23(32(39)42)33(2)12-7-8-13-33;;;/h12-13,18,22,24-27,31-33H,4-11,14-17,19-20H2,1-3H3;15-16,20,24,26-27,31-32H,5-14,17-19,21-22H2,1-4H3;10-11,16,20,22-23,26-28H,4-9,12-15,17-18H2,1-3H3;;;/q3*-1;;;/t22?,24-,25+,26?,27+,31+,32+,33-;24-,26+,27-,31-,32+,37-;20-,22+,23-,26-,27-,28+;;;/m011.../s1. The third-order valence-electron chi connectivity index (χ3n) is 34.6. The zero-order chi connectivity index (χ0) is 96.4. The Hall–Kier alpha value is -8.08. The molecule has 0 spiro atoms. The maximum Gasteiger partial charge on any atom is 0.307 e. The maximum atomic E-state index is 16.0. The van der Waals surface area contributed by atoms with Gasteiger partial charge >= 0.3 is 17.9 Å². The first-order chi connectivity index (χ1) is 66.0. The van der Waals surface area contributed by atoms with Gasteiger partial charge in [-0.25, -0.2) is 48.8 Å². The molecule has 13 aliphatic rings. The van der Waals surface area contributed by atoms with Crippen molar-refractivity contribution >= 4 is 87.6 Å². The summed E-state index contributed by atoms with van der Waals surface area (Å²) >= 11 is 0. The van der Waals surface area contributed by atoms with Crippen LogP contribution in [-0.4, -0.2) is 194 Å². The van der Waals surface area contributed by atoms with E-state index in [2.05, 4.69) is 43.3 Å². The number of carbonyl (C=O) groups is 6. The number of rotatable bonds is 12. The Labute approximate surface area is 858 Å². The molecule has 7 saturated carbocycles. The molecule has 20 atom stereocenters. The zero-order valence-electron chi connectivity index (χ0n) is 83.1. The number of hydrogen-bond acceptors (Lipinski definition) is 24. The topological polar surface area (TPSA) is 324 Å². The Morgan fingerprint density at radius 3 is 1.19 bits per heavy atom. The quantitative estimate of drug-likeness (QED) is 0.0624. The average Bonchev–Trinajstić information content (AvgIpc) is 1.58. The fourth-order valence-corrected chi connectivity index (χ4v) is 26.1. The summed E-state index contributed by atoms with van der Waals surface area (Å²) in [7, 11) is 4.75. The second-order valence-electron chi connectivity index (χ2n) is 43.2. The van der Waals surface area contributed by atoms with Crippen molar-refractivity contribution in [2.75, 3.05) is 41.0 Å². The van der Waals surface area contributed by atoms with Crippen molar-refractivity contribution in [3.63, 3.8) is 0 Å². The molecule has 7 aliphatic carbocycles. The minimum Gasteiger partial charge on any atom is -0.540 e. The SMILES string of the molecule is CC[C@@H]1[C@@H]2CN(C(=O)[C@H](C3(C)CCCC3)CC(=O)O[C@@H]3CC4CC4[C@H]3CCCCCc3nc4ccc(OC)cc4nc3O2)[C@@H]1[C-]=O.CC[C@@H]1[C@@H]2CN(C(=O)[C@H](C3(C)CCCC3)CC(=O)O[C@@H]3C[C@H]3CCCCC(F)(F)c3nc4ccc(OC)cc4nc3O2)[C@@H]1[C-]=O.CC[C@@H]1[C@@H]2CN(C(=O)[C@H](C3(C)CCCC3)CC(=O)O[C@]3(C)CCC[C@H]3CCCCCc3nc4ccc(OC)cc4nc3O2)[C@@H]1[C-]=O.[V].[V].[V]. The largest absolute Gasteiger partial charge is 0.540 e. The molecule has 3 radical (unpaired) electrons. The van der Waals surface area contributed by atoms with Gasteiger partial charge < -0.3 is 71.7 Å². The van der Waals surface area contributed by atoms with Crippen LogP contribution in [0.1, 0.15) is 297 Å². The number of hydrogen-bond donors (Lipinski definition) is 0. The Bertz CT molecular complexity index is 5310. The third-order valence-corrected chi connectivity index (χ3v) is 34.6. The number of aryl methyl sites for hydroxylation is 2. The Kier molecular flexibility index (Phi) is 35.5. The van der Waals surface area contributed by atoms with Crippen LogP contribution in [0.4, 0.5) is 8.78 Å². The van der Waals surface area contributed by atoms with Gasteiger partial charge in [-0.15, -0.1) is 0 Å². The number of alkyl halides is 2. The Morgan fingerprint density at radius 1 is 0.386 bits per heavy atom. The number of aromatic nitrogens is 6. The van der Waals surface area contributed by atoms with Crippen LogP contribution in [0.2, 0.25) is 0 Å². The van der Waals surface area contributed by atoms with E-state index < -0.39 is 95.1 Å². The molecule has 757 valence electrons. The van der Waals surface area contributed by atoms with E-state index in [0.29, 0.717) is 114 Å². The molecular weight excluding hydrogens is 1900 g/mol. The van der Waals surface area contributed by atoms with Crippen LogP contribution in [0, 0.1) is 81.3 Å². The number of amides is 3. The van der Waals surface area contributed by atoms with Crippen LogP contribution in [0.5, 0.6) is 34.9 Å². The molecule has 2 unspecified atom stereocenters. The maximum absolute atomic E-state index is 16.0. The fourth-order valence-electron chi connectivity index (χ4n) is 26.1. The molecule has 140 heavy (non-hydrogen) atoms. The number of methoxy groups -OCH3 is 3. The minimum atomic E-state index is -3.34. The summed E-state index contributed by atoms with van der Waals surface area (Å²) in [5.41, 5.74) is 2.96. The molecule has 32 heteroatoms. The Morgan fingerprint density at radius 2 is 0.764 bits per heavy atom. The normalized spacial score (nSPS) is 32.1. The number of halogens is 2. The summed E-state index contributed by atoms with van der Waals surface area (Å²) < 4.78 is 86.2. The van der Waals surface area contributed by atoms with Gasteiger partial charge in [-0.3, -0.25) is 28.8 Å². The molecule has 9 heterocycles. The summed E-state index contributed by atoms with van der Waals surface area (Å²) in [4.78, 5) is 155. The molecule has 10 fully saturated rings. The van der Waals surface area contributed by atoms with Gasteiger partial charge in [-0.1, -0.05) is 150 Å². The average molecular weight is 2040 g/mol. The van der Waals surface area contributed by atoms with Crippen molar-refractivity contribution in [3.05, 3.63) is 71.7 Å². The van der Waals surface area contributed by atoms with Gasteiger partial charge in [-0.2, -0.15) is 8.78 Å². The van der Waals surface area contributed by atoms with E-state index in [1.54, 1.807) is 42.2 Å². The summed E-state index contributed by atoms with van der Waals surface area (Å²) in [5, 5.41) is 0. The van der Waals surface area contributed by atoms with Crippen LogP contribution >= 0.6 is 0 Å². The van der Waals surface area contributed by atoms with Gasteiger partial charge in [0, 0.05) is 80.3 Å². The van der Waals surface area contributed by atoms with Gasteiger partial charge in [0.15, 0.2) is 5.69 Å². The molecular formula is C108H140F2N9O18V3-3. The molecule has 3 aromatic heterocycles. The summed E-state index contributed by atoms with van der Waals surface area (Å²) in [6.45, 7) is 14.7. The molecule has 6 aliphatic heterocycles. The van der Waals surface area contributed by atoms with E-state index in [1.165, 1.54) is 18.4 Å². The van der Waals surface area contributed by atoms with Gasteiger partial charge in [0.05, 0.1) is 111 Å². The first-order valence-electron chi connectivity index (χ1n) is 51.6. The number of benzene rings is 3. The number of esters is 3. The van der Waals surface area contributed by atoms with E-state index >= 15 is 8.78 Å². The fraction of sp³-hybridized carbons (Fsp3) is 0.694. The molecule has 0 N–H and O–H groups in total. The van der Waals surface area contributed by atoms with Crippen LogP contribution in [0.15, 0.2) is 54.6 Å². The molecule has 6 aromatic rings. The van der Waals surface area contributed by atoms with Crippen molar-refractivity contribution in [2.24, 2.45) is 81.3 Å². The minimum absolute atomic E-state index is 0. The summed E-state index contributed by atoms with van der Waals surface area (Å²) in [5.74, 6) is -3.14.